The smallest absolute Gasteiger partial charge is 0.416 e. The molecular formula is C12H11F3N4O2. The number of nitrogens with one attached hydrogen (secondary N) is 1. The van der Waals surface area contributed by atoms with Gasteiger partial charge in [0.1, 0.15) is 6.33 Å². The van der Waals surface area contributed by atoms with Crippen molar-refractivity contribution in [3.63, 3.8) is 0 Å². The van der Waals surface area contributed by atoms with E-state index in [2.05, 4.69) is 15.4 Å². The zero-order valence-electron chi connectivity index (χ0n) is 10.8. The Kier molecular flexibility index (Phi) is 3.83. The summed E-state index contributed by atoms with van der Waals surface area (Å²) in [6, 6.07) is 2.49. The molecule has 0 aliphatic heterocycles. The highest BCUT2D eigenvalue weighted by Gasteiger charge is 2.31. The molecule has 0 unspecified atom stereocenters. The zero-order valence-corrected chi connectivity index (χ0v) is 10.8. The Labute approximate surface area is 117 Å². The van der Waals surface area contributed by atoms with Crippen molar-refractivity contribution in [2.24, 2.45) is 7.05 Å². The van der Waals surface area contributed by atoms with Gasteiger partial charge in [0.15, 0.2) is 5.82 Å². The first kappa shape index (κ1) is 14.8. The number of nitrogens with zero attached hydrogens (tertiary/aromatic N) is 3. The molecule has 0 aliphatic rings. The molecule has 2 rings (SSSR count). The van der Waals surface area contributed by atoms with E-state index in [-0.39, 0.29) is 12.2 Å². The van der Waals surface area contributed by atoms with Gasteiger partial charge in [-0.3, -0.25) is 4.68 Å². The van der Waals surface area contributed by atoms with Crippen molar-refractivity contribution in [2.45, 2.75) is 12.7 Å². The Balaban J connectivity index is 2.24. The van der Waals surface area contributed by atoms with E-state index in [9.17, 15) is 18.0 Å². The van der Waals surface area contributed by atoms with E-state index in [1.807, 2.05) is 0 Å². The molecule has 0 fully saturated rings. The molecule has 1 heterocycles. The molecule has 0 amide bonds. The molecule has 2 aromatic rings. The summed E-state index contributed by atoms with van der Waals surface area (Å²) in [6.45, 7) is 0.104. The molecule has 0 spiro atoms. The van der Waals surface area contributed by atoms with E-state index in [0.29, 0.717) is 11.9 Å². The Morgan fingerprint density at radius 2 is 2.14 bits per heavy atom. The second kappa shape index (κ2) is 5.43. The van der Waals surface area contributed by atoms with E-state index in [1.54, 1.807) is 7.05 Å². The number of rotatable bonds is 4. The standard InChI is InChI=1S/C12H11F3N4O2/c1-19-6-17-10(18-19)5-16-9-3-2-7(12(13,14)15)4-8(9)11(20)21/h2-4,6,16H,5H2,1H3,(H,20,21). The van der Waals surface area contributed by atoms with Gasteiger partial charge in [-0.05, 0) is 18.2 Å². The van der Waals surface area contributed by atoms with E-state index >= 15 is 0 Å². The lowest BCUT2D eigenvalue weighted by molar-refractivity contribution is -0.137. The minimum Gasteiger partial charge on any atom is -0.478 e. The first-order chi connectivity index (χ1) is 9.77. The number of aryl methyl sites for hydroxylation is 1. The topological polar surface area (TPSA) is 80.0 Å². The fourth-order valence-corrected chi connectivity index (χ4v) is 1.69. The van der Waals surface area contributed by atoms with Crippen LogP contribution in [0.3, 0.4) is 0 Å². The molecule has 1 aromatic carbocycles. The van der Waals surface area contributed by atoms with Gasteiger partial charge in [-0.25, -0.2) is 9.78 Å². The van der Waals surface area contributed by atoms with E-state index < -0.39 is 23.3 Å². The van der Waals surface area contributed by atoms with Crippen LogP contribution in [-0.2, 0) is 19.8 Å². The molecule has 112 valence electrons. The van der Waals surface area contributed by atoms with Crippen LogP contribution in [0.4, 0.5) is 18.9 Å². The van der Waals surface area contributed by atoms with Crippen LogP contribution < -0.4 is 5.32 Å². The maximum Gasteiger partial charge on any atom is 0.416 e. The number of alkyl halides is 3. The molecule has 0 saturated carbocycles. The lowest BCUT2D eigenvalue weighted by Crippen LogP contribution is -2.11. The van der Waals surface area contributed by atoms with Crippen LogP contribution in [0.5, 0.6) is 0 Å². The summed E-state index contributed by atoms with van der Waals surface area (Å²) < 4.78 is 39.2. The van der Waals surface area contributed by atoms with Crippen LogP contribution in [0.2, 0.25) is 0 Å². The van der Waals surface area contributed by atoms with Gasteiger partial charge in [0.25, 0.3) is 0 Å². The second-order valence-corrected chi connectivity index (χ2v) is 4.25. The van der Waals surface area contributed by atoms with Crippen LogP contribution in [-0.4, -0.2) is 25.8 Å². The van der Waals surface area contributed by atoms with E-state index in [0.717, 1.165) is 12.1 Å². The molecule has 2 N–H and O–H groups in total. The molecule has 9 heteroatoms. The third kappa shape index (κ3) is 3.50. The predicted octanol–water partition coefficient (Wildman–Crippen LogP) is 2.14. The number of carboxylic acid groups (broad SMARTS) is 1. The minimum atomic E-state index is -4.59. The third-order valence-electron chi connectivity index (χ3n) is 2.66. The van der Waals surface area contributed by atoms with Crippen molar-refractivity contribution in [2.75, 3.05) is 5.32 Å². The highest BCUT2D eigenvalue weighted by molar-refractivity contribution is 5.94. The van der Waals surface area contributed by atoms with E-state index in [1.165, 1.54) is 11.0 Å². The molecule has 1 aromatic heterocycles. The summed E-state index contributed by atoms with van der Waals surface area (Å²) in [6.07, 6.45) is -3.13. The van der Waals surface area contributed by atoms with Crippen LogP contribution in [0.25, 0.3) is 0 Å². The summed E-state index contributed by atoms with van der Waals surface area (Å²) in [5.74, 6) is -1.05. The molecule has 21 heavy (non-hydrogen) atoms. The summed E-state index contributed by atoms with van der Waals surface area (Å²) >= 11 is 0. The quantitative estimate of drug-likeness (QED) is 0.904. The summed E-state index contributed by atoms with van der Waals surface area (Å²) in [7, 11) is 1.66. The first-order valence-electron chi connectivity index (χ1n) is 5.80. The van der Waals surface area contributed by atoms with Crippen molar-refractivity contribution in [3.05, 3.63) is 41.5 Å². The lowest BCUT2D eigenvalue weighted by Gasteiger charge is -2.12. The molecular weight excluding hydrogens is 289 g/mol. The highest BCUT2D eigenvalue weighted by Crippen LogP contribution is 2.32. The predicted molar refractivity (Wildman–Crippen MR) is 66.7 cm³/mol. The average Bonchev–Trinajstić information content (AvgIpc) is 2.80. The second-order valence-electron chi connectivity index (χ2n) is 4.25. The van der Waals surface area contributed by atoms with Gasteiger partial charge in [-0.1, -0.05) is 0 Å². The maximum absolute atomic E-state index is 12.6. The fraction of sp³-hybridized carbons (Fsp3) is 0.250. The first-order valence-corrected chi connectivity index (χ1v) is 5.80. The fourth-order valence-electron chi connectivity index (χ4n) is 1.69. The third-order valence-corrected chi connectivity index (χ3v) is 2.66. The molecule has 0 radical (unpaired) electrons. The SMILES string of the molecule is Cn1cnc(CNc2ccc(C(F)(F)F)cc2C(=O)O)n1. The number of halogens is 3. The molecule has 0 atom stereocenters. The van der Waals surface area contributed by atoms with Gasteiger partial charge in [-0.15, -0.1) is 0 Å². The Hall–Kier alpha value is -2.58. The normalized spacial score (nSPS) is 11.4. The van der Waals surface area contributed by atoms with Crippen LogP contribution in [0, 0.1) is 0 Å². The van der Waals surface area contributed by atoms with Gasteiger partial charge in [0.05, 0.1) is 17.7 Å². The van der Waals surface area contributed by atoms with Crippen LogP contribution in [0.1, 0.15) is 21.7 Å². The van der Waals surface area contributed by atoms with Crippen molar-refractivity contribution in [1.82, 2.24) is 14.8 Å². The van der Waals surface area contributed by atoms with Crippen molar-refractivity contribution >= 4 is 11.7 Å². The monoisotopic (exact) mass is 300 g/mol. The summed E-state index contributed by atoms with van der Waals surface area (Å²) in [5.41, 5.74) is -1.40. The number of hydrogen-bond donors (Lipinski definition) is 2. The molecule has 0 aliphatic carbocycles. The molecule has 0 saturated heterocycles. The van der Waals surface area contributed by atoms with Crippen LogP contribution >= 0.6 is 0 Å². The lowest BCUT2D eigenvalue weighted by atomic mass is 10.1. The number of anilines is 1. The van der Waals surface area contributed by atoms with Gasteiger partial charge >= 0.3 is 12.1 Å². The average molecular weight is 300 g/mol. The highest BCUT2D eigenvalue weighted by atomic mass is 19.4. The van der Waals surface area contributed by atoms with Crippen molar-refractivity contribution < 1.29 is 23.1 Å². The Morgan fingerprint density at radius 3 is 2.67 bits per heavy atom. The number of aromatic carboxylic acids is 1. The number of carbonyl (C=O) groups is 1. The largest absolute Gasteiger partial charge is 0.478 e. The number of benzene rings is 1. The van der Waals surface area contributed by atoms with Crippen molar-refractivity contribution in [3.8, 4) is 0 Å². The Morgan fingerprint density at radius 1 is 1.43 bits per heavy atom. The Bertz CT molecular complexity index is 667. The van der Waals surface area contributed by atoms with Gasteiger partial charge in [-0.2, -0.15) is 18.3 Å². The number of hydrogen-bond acceptors (Lipinski definition) is 4. The van der Waals surface area contributed by atoms with Gasteiger partial charge in [0.2, 0.25) is 0 Å². The summed E-state index contributed by atoms with van der Waals surface area (Å²) in [4.78, 5) is 15.0. The number of aromatic nitrogens is 3. The van der Waals surface area contributed by atoms with Crippen molar-refractivity contribution in [1.29, 1.82) is 0 Å². The molecule has 0 bridgehead atoms. The number of carboxylic acids is 1. The zero-order chi connectivity index (χ0) is 15.6. The minimum absolute atomic E-state index is 0.0722. The maximum atomic E-state index is 12.6. The van der Waals surface area contributed by atoms with Gasteiger partial charge < -0.3 is 10.4 Å². The van der Waals surface area contributed by atoms with Gasteiger partial charge in [0, 0.05) is 12.7 Å². The molecule has 6 nitrogen and oxygen atoms in total. The summed E-state index contributed by atoms with van der Waals surface area (Å²) in [5, 5.41) is 15.7. The van der Waals surface area contributed by atoms with Crippen LogP contribution in [0.15, 0.2) is 24.5 Å². The van der Waals surface area contributed by atoms with E-state index in [4.69, 9.17) is 5.11 Å².